The fourth-order valence-corrected chi connectivity index (χ4v) is 6.85. The average Bonchev–Trinajstić information content (AvgIpc) is 3.69. The molecule has 0 bridgehead atoms. The van der Waals surface area contributed by atoms with Crippen LogP contribution in [0.15, 0.2) is 18.3 Å². The predicted molar refractivity (Wildman–Crippen MR) is 122 cm³/mol. The first kappa shape index (κ1) is 21.2. The monoisotopic (exact) mass is 489 g/mol. The minimum Gasteiger partial charge on any atom is -0.461 e. The van der Waals surface area contributed by atoms with Gasteiger partial charge in [0.2, 0.25) is 0 Å². The van der Waals surface area contributed by atoms with Gasteiger partial charge >= 0.3 is 6.01 Å². The number of pyridine rings is 1. The number of hydrogen-bond donors (Lipinski definition) is 0. The van der Waals surface area contributed by atoms with Gasteiger partial charge in [-0.05, 0) is 37.6 Å². The van der Waals surface area contributed by atoms with Crippen molar-refractivity contribution < 1.29 is 18.3 Å². The standard InChI is InChI=1S/C24H26ClF2N5O2/c1-13-8-24(23(2-3-23)4-5-31(24)10-13)12-34-22-29-18-14(9-28-20(25)17(18)27)21(30-22)32-6-7-33-11-15-16(26)19(15)32/h9,15-16,19H,1-8,10-12H2/t15-,16-,19-,24?/m0/s1. The topological polar surface area (TPSA) is 63.6 Å². The maximum atomic E-state index is 15.1. The van der Waals surface area contributed by atoms with E-state index in [1.165, 1.54) is 24.6 Å². The van der Waals surface area contributed by atoms with E-state index in [-0.39, 0.29) is 39.6 Å². The zero-order chi connectivity index (χ0) is 23.2. The van der Waals surface area contributed by atoms with Crippen molar-refractivity contribution in [1.29, 1.82) is 0 Å². The fraction of sp³-hybridized carbons (Fsp3) is 0.625. The van der Waals surface area contributed by atoms with Gasteiger partial charge < -0.3 is 14.4 Å². The molecule has 4 atom stereocenters. The second-order valence-corrected chi connectivity index (χ2v) is 10.9. The van der Waals surface area contributed by atoms with Gasteiger partial charge in [0.15, 0.2) is 11.0 Å². The van der Waals surface area contributed by atoms with Gasteiger partial charge in [0.1, 0.15) is 24.1 Å². The third-order valence-corrected chi connectivity index (χ3v) is 9.02. The molecule has 34 heavy (non-hydrogen) atoms. The number of fused-ring (bicyclic) bond motifs is 4. The van der Waals surface area contributed by atoms with E-state index in [9.17, 15) is 4.39 Å². The smallest absolute Gasteiger partial charge is 0.319 e. The van der Waals surface area contributed by atoms with Crippen molar-refractivity contribution in [3.63, 3.8) is 0 Å². The first-order chi connectivity index (χ1) is 16.4. The van der Waals surface area contributed by atoms with Crippen LogP contribution in [0.4, 0.5) is 14.6 Å². The molecule has 0 N–H and O–H groups in total. The van der Waals surface area contributed by atoms with Crippen LogP contribution in [0, 0.1) is 17.2 Å². The summed E-state index contributed by atoms with van der Waals surface area (Å²) in [5.41, 5.74) is 1.40. The second-order valence-electron chi connectivity index (χ2n) is 10.5. The highest BCUT2D eigenvalue weighted by molar-refractivity contribution is 6.30. The number of anilines is 1. The van der Waals surface area contributed by atoms with Crippen molar-refractivity contribution in [1.82, 2.24) is 19.9 Å². The molecule has 0 radical (unpaired) electrons. The lowest BCUT2D eigenvalue weighted by Gasteiger charge is -2.37. The highest BCUT2D eigenvalue weighted by atomic mass is 35.5. The van der Waals surface area contributed by atoms with Crippen molar-refractivity contribution >= 4 is 28.3 Å². The minimum absolute atomic E-state index is 0.0375. The minimum atomic E-state index is -1.01. The first-order valence-electron chi connectivity index (χ1n) is 12.0. The Labute approximate surface area is 201 Å². The fourth-order valence-electron chi connectivity index (χ4n) is 6.72. The van der Waals surface area contributed by atoms with Gasteiger partial charge in [0.25, 0.3) is 0 Å². The van der Waals surface area contributed by atoms with E-state index >= 15 is 4.39 Å². The summed E-state index contributed by atoms with van der Waals surface area (Å²) in [6, 6.07) is -0.278. The van der Waals surface area contributed by atoms with Crippen LogP contribution >= 0.6 is 11.6 Å². The van der Waals surface area contributed by atoms with E-state index < -0.39 is 12.0 Å². The van der Waals surface area contributed by atoms with Crippen LogP contribution in [0.5, 0.6) is 6.01 Å². The molecule has 180 valence electrons. The molecular formula is C24H26ClF2N5O2. The van der Waals surface area contributed by atoms with Crippen LogP contribution in [0.1, 0.15) is 25.7 Å². The van der Waals surface area contributed by atoms with E-state index in [1.54, 1.807) is 0 Å². The third-order valence-electron chi connectivity index (χ3n) is 8.76. The number of rotatable bonds is 4. The zero-order valence-electron chi connectivity index (χ0n) is 18.8. The summed E-state index contributed by atoms with van der Waals surface area (Å²) >= 11 is 5.98. The number of aromatic nitrogens is 3. The number of ether oxygens (including phenoxy) is 2. The summed E-state index contributed by atoms with van der Waals surface area (Å²) in [7, 11) is 0. The molecular weight excluding hydrogens is 464 g/mol. The Balaban J connectivity index is 1.28. The van der Waals surface area contributed by atoms with Crippen LogP contribution in [0.25, 0.3) is 10.9 Å². The van der Waals surface area contributed by atoms with Crippen molar-refractivity contribution in [3.05, 3.63) is 29.3 Å². The molecule has 2 aliphatic carbocycles. The van der Waals surface area contributed by atoms with Crippen molar-refractivity contribution in [3.8, 4) is 6.01 Å². The number of halogens is 3. The van der Waals surface area contributed by atoms with E-state index in [4.69, 9.17) is 21.1 Å². The highest BCUT2D eigenvalue weighted by Crippen LogP contribution is 2.66. The van der Waals surface area contributed by atoms with Gasteiger partial charge in [-0.15, -0.1) is 0 Å². The third kappa shape index (κ3) is 2.89. The van der Waals surface area contributed by atoms with E-state index in [0.717, 1.165) is 25.9 Å². The van der Waals surface area contributed by atoms with Crippen molar-refractivity contribution in [2.75, 3.05) is 44.4 Å². The molecule has 2 saturated carbocycles. The average molecular weight is 490 g/mol. The molecule has 7 rings (SSSR count). The molecule has 1 spiro atoms. The van der Waals surface area contributed by atoms with Crippen LogP contribution < -0.4 is 9.64 Å². The molecule has 3 aliphatic heterocycles. The first-order valence-corrected chi connectivity index (χ1v) is 12.3. The molecule has 2 aromatic rings. The number of hydrogen-bond acceptors (Lipinski definition) is 7. The molecule has 0 aromatic carbocycles. The lowest BCUT2D eigenvalue weighted by Crippen LogP contribution is -2.49. The van der Waals surface area contributed by atoms with Crippen molar-refractivity contribution in [2.24, 2.45) is 11.3 Å². The molecule has 0 amide bonds. The van der Waals surface area contributed by atoms with Gasteiger partial charge in [-0.3, -0.25) is 4.90 Å². The quantitative estimate of drug-likeness (QED) is 0.480. The Morgan fingerprint density at radius 2 is 2.12 bits per heavy atom. The molecule has 7 nitrogen and oxygen atoms in total. The molecule has 5 heterocycles. The molecule has 1 unspecified atom stereocenters. The number of nitrogens with zero attached hydrogens (tertiary/aromatic N) is 5. The van der Waals surface area contributed by atoms with Crippen molar-refractivity contribution in [2.45, 2.75) is 43.4 Å². The second kappa shape index (κ2) is 7.21. The molecule has 5 aliphatic rings. The Morgan fingerprint density at radius 3 is 2.94 bits per heavy atom. The molecule has 5 fully saturated rings. The summed E-state index contributed by atoms with van der Waals surface area (Å²) in [6.45, 7) is 7.84. The number of alkyl halides is 1. The van der Waals surface area contributed by atoms with E-state index in [2.05, 4.69) is 26.4 Å². The summed E-state index contributed by atoms with van der Waals surface area (Å²) in [5.74, 6) is -0.523. The SMILES string of the molecule is C=C1CN2CCC3(CC3)C2(COc2nc(N3CCOC[C@H]4[C@H](F)[C@H]43)c3cnc(Cl)c(F)c3n2)C1. The Bertz CT molecular complexity index is 1210. The normalized spacial score (nSPS) is 33.8. The summed E-state index contributed by atoms with van der Waals surface area (Å²) in [4.78, 5) is 17.4. The van der Waals surface area contributed by atoms with Crippen LogP contribution in [-0.4, -0.2) is 77.1 Å². The highest BCUT2D eigenvalue weighted by Gasteiger charge is 2.67. The summed E-state index contributed by atoms with van der Waals surface area (Å²) in [6.07, 6.45) is 4.88. The lowest BCUT2D eigenvalue weighted by molar-refractivity contribution is 0.0649. The summed E-state index contributed by atoms with van der Waals surface area (Å²) in [5, 5.41) is 0.127. The van der Waals surface area contributed by atoms with Gasteiger partial charge in [-0.1, -0.05) is 23.8 Å². The van der Waals surface area contributed by atoms with Gasteiger partial charge in [0.05, 0.1) is 30.2 Å². The van der Waals surface area contributed by atoms with Gasteiger partial charge in [-0.25, -0.2) is 13.8 Å². The predicted octanol–water partition coefficient (Wildman–Crippen LogP) is 3.55. The maximum absolute atomic E-state index is 15.1. The molecule has 2 aromatic heterocycles. The van der Waals surface area contributed by atoms with Crippen LogP contribution in [-0.2, 0) is 4.74 Å². The van der Waals surface area contributed by atoms with Gasteiger partial charge in [-0.2, -0.15) is 9.97 Å². The summed E-state index contributed by atoms with van der Waals surface area (Å²) < 4.78 is 41.4. The maximum Gasteiger partial charge on any atom is 0.319 e. The van der Waals surface area contributed by atoms with E-state index in [0.29, 0.717) is 37.6 Å². The van der Waals surface area contributed by atoms with Crippen LogP contribution in [0.2, 0.25) is 5.15 Å². The van der Waals surface area contributed by atoms with Gasteiger partial charge in [0, 0.05) is 25.2 Å². The largest absolute Gasteiger partial charge is 0.461 e. The molecule has 3 saturated heterocycles. The molecule has 10 heteroatoms. The van der Waals surface area contributed by atoms with E-state index in [1.807, 2.05) is 4.90 Å². The lowest BCUT2D eigenvalue weighted by atomic mass is 9.80. The Hall–Kier alpha value is -2.10. The Morgan fingerprint density at radius 1 is 1.26 bits per heavy atom. The zero-order valence-corrected chi connectivity index (χ0v) is 19.5. The Kier molecular flexibility index (Phi) is 4.50. The van der Waals surface area contributed by atoms with Crippen LogP contribution in [0.3, 0.4) is 0 Å².